The second-order valence-electron chi connectivity index (χ2n) is 10.1. The molecule has 0 bridgehead atoms. The van der Waals surface area contributed by atoms with Crippen molar-refractivity contribution in [1.29, 1.82) is 0 Å². The summed E-state index contributed by atoms with van der Waals surface area (Å²) >= 11 is 1.74. The third kappa shape index (κ3) is 5.69. The van der Waals surface area contributed by atoms with Crippen molar-refractivity contribution in [2.75, 3.05) is 0 Å². The Kier molecular flexibility index (Phi) is 7.71. The monoisotopic (exact) mass is 481 g/mol. The second-order valence-corrected chi connectivity index (χ2v) is 11.1. The molecule has 1 fully saturated rings. The number of hydrogen-bond acceptors (Lipinski definition) is 4. The van der Waals surface area contributed by atoms with Crippen molar-refractivity contribution in [3.63, 3.8) is 0 Å². The molecule has 0 saturated heterocycles. The van der Waals surface area contributed by atoms with Crippen molar-refractivity contribution in [3.8, 4) is 0 Å². The molecule has 3 atom stereocenters. The molecule has 2 N–H and O–H groups in total. The molecular weight excluding hydrogens is 446 g/mol. The Morgan fingerprint density at radius 3 is 2.71 bits per heavy atom. The zero-order chi connectivity index (χ0) is 24.2. The van der Waals surface area contributed by atoms with Crippen LogP contribution in [0.2, 0.25) is 0 Å². The first-order valence-corrected chi connectivity index (χ1v) is 13.3. The first-order valence-electron chi connectivity index (χ1n) is 12.4. The predicted molar refractivity (Wildman–Crippen MR) is 136 cm³/mol. The van der Waals surface area contributed by atoms with Crippen molar-refractivity contribution >= 4 is 34.2 Å². The van der Waals surface area contributed by atoms with E-state index in [2.05, 4.69) is 34.3 Å². The molecule has 3 unspecified atom stereocenters. The number of aromatic nitrogens is 2. The number of amides is 1. The number of fused-ring (bicyclic) bond motifs is 1. The Bertz CT molecular complexity index is 1140. The maximum absolute atomic E-state index is 13.0. The van der Waals surface area contributed by atoms with Gasteiger partial charge in [0.05, 0.1) is 17.5 Å². The summed E-state index contributed by atoms with van der Waals surface area (Å²) in [5.41, 5.74) is 2.43. The van der Waals surface area contributed by atoms with Gasteiger partial charge in [-0.05, 0) is 60.7 Å². The normalized spacial score (nSPS) is 19.4. The fourth-order valence-corrected chi connectivity index (χ4v) is 5.98. The van der Waals surface area contributed by atoms with E-state index in [4.69, 9.17) is 4.98 Å². The molecule has 1 amide bonds. The SMILES string of the molecule is CC(C)CC(CC(=O)O)NC(=O)c1ccc2c(c1)nc(Cc1cccs1)n2C1CCCCC1C. The Morgan fingerprint density at radius 1 is 1.24 bits per heavy atom. The van der Waals surface area contributed by atoms with E-state index < -0.39 is 12.0 Å². The molecule has 1 aliphatic carbocycles. The summed E-state index contributed by atoms with van der Waals surface area (Å²) in [6.45, 7) is 6.39. The quantitative estimate of drug-likeness (QED) is 0.389. The number of nitrogens with one attached hydrogen (secondary N) is 1. The first kappa shape index (κ1) is 24.5. The molecule has 1 saturated carbocycles. The molecule has 1 aromatic carbocycles. The largest absolute Gasteiger partial charge is 0.481 e. The summed E-state index contributed by atoms with van der Waals surface area (Å²) in [5, 5.41) is 14.3. The molecule has 3 aromatic rings. The molecular formula is C27H35N3O3S. The highest BCUT2D eigenvalue weighted by Crippen LogP contribution is 2.37. The van der Waals surface area contributed by atoms with Gasteiger partial charge in [0.25, 0.3) is 5.91 Å². The minimum atomic E-state index is -0.903. The van der Waals surface area contributed by atoms with Gasteiger partial charge in [-0.2, -0.15) is 0 Å². The number of aliphatic carboxylic acids is 1. The van der Waals surface area contributed by atoms with Crippen LogP contribution in [0.15, 0.2) is 35.7 Å². The highest BCUT2D eigenvalue weighted by Gasteiger charge is 2.27. The van der Waals surface area contributed by atoms with Crippen LogP contribution in [0.4, 0.5) is 0 Å². The van der Waals surface area contributed by atoms with Crippen molar-refractivity contribution < 1.29 is 14.7 Å². The highest BCUT2D eigenvalue weighted by molar-refractivity contribution is 7.09. The average Bonchev–Trinajstić information content (AvgIpc) is 3.40. The summed E-state index contributed by atoms with van der Waals surface area (Å²) < 4.78 is 2.42. The van der Waals surface area contributed by atoms with Crippen LogP contribution >= 0.6 is 11.3 Å². The number of carbonyl (C=O) groups is 2. The summed E-state index contributed by atoms with van der Waals surface area (Å²) in [6, 6.07) is 9.98. The highest BCUT2D eigenvalue weighted by atomic mass is 32.1. The maximum Gasteiger partial charge on any atom is 0.305 e. The average molecular weight is 482 g/mol. The minimum Gasteiger partial charge on any atom is -0.481 e. The third-order valence-electron chi connectivity index (χ3n) is 6.85. The van der Waals surface area contributed by atoms with Gasteiger partial charge >= 0.3 is 5.97 Å². The van der Waals surface area contributed by atoms with E-state index in [9.17, 15) is 14.7 Å². The van der Waals surface area contributed by atoms with Crippen LogP contribution in [0, 0.1) is 11.8 Å². The number of thiophene rings is 1. The van der Waals surface area contributed by atoms with Crippen LogP contribution in [-0.4, -0.2) is 32.6 Å². The number of benzene rings is 1. The maximum atomic E-state index is 13.0. The lowest BCUT2D eigenvalue weighted by molar-refractivity contribution is -0.137. The number of carbonyl (C=O) groups excluding carboxylic acids is 1. The second kappa shape index (κ2) is 10.7. The smallest absolute Gasteiger partial charge is 0.305 e. The molecule has 0 spiro atoms. The Morgan fingerprint density at radius 2 is 2.03 bits per heavy atom. The van der Waals surface area contributed by atoms with Crippen molar-refractivity contribution in [2.24, 2.45) is 11.8 Å². The van der Waals surface area contributed by atoms with Crippen LogP contribution in [0.1, 0.15) is 86.4 Å². The third-order valence-corrected chi connectivity index (χ3v) is 7.72. The number of carboxylic acids is 1. The lowest BCUT2D eigenvalue weighted by Gasteiger charge is -2.31. The van der Waals surface area contributed by atoms with E-state index in [1.54, 1.807) is 11.3 Å². The molecule has 34 heavy (non-hydrogen) atoms. The summed E-state index contributed by atoms with van der Waals surface area (Å²) in [7, 11) is 0. The van der Waals surface area contributed by atoms with Gasteiger partial charge in [-0.1, -0.05) is 39.7 Å². The van der Waals surface area contributed by atoms with Gasteiger partial charge in [-0.25, -0.2) is 4.98 Å². The Hall–Kier alpha value is -2.67. The minimum absolute atomic E-state index is 0.0781. The van der Waals surface area contributed by atoms with Gasteiger partial charge < -0.3 is 15.0 Å². The van der Waals surface area contributed by atoms with Gasteiger partial charge in [0.2, 0.25) is 0 Å². The molecule has 6 nitrogen and oxygen atoms in total. The number of nitrogens with zero attached hydrogens (tertiary/aromatic N) is 2. The Labute approximate surface area is 205 Å². The van der Waals surface area contributed by atoms with Crippen molar-refractivity contribution in [2.45, 2.75) is 77.8 Å². The van der Waals surface area contributed by atoms with Gasteiger partial charge in [-0.3, -0.25) is 9.59 Å². The molecule has 182 valence electrons. The van der Waals surface area contributed by atoms with Gasteiger partial charge in [-0.15, -0.1) is 11.3 Å². The molecule has 7 heteroatoms. The summed E-state index contributed by atoms with van der Waals surface area (Å²) in [4.78, 5) is 30.6. The summed E-state index contributed by atoms with van der Waals surface area (Å²) in [6.07, 6.45) is 6.22. The first-order chi connectivity index (χ1) is 16.3. The molecule has 0 aliphatic heterocycles. The molecule has 4 rings (SSSR count). The predicted octanol–water partition coefficient (Wildman–Crippen LogP) is 6.06. The van der Waals surface area contributed by atoms with E-state index in [1.165, 1.54) is 24.1 Å². The number of imidazole rings is 1. The van der Waals surface area contributed by atoms with Crippen LogP contribution in [0.5, 0.6) is 0 Å². The lowest BCUT2D eigenvalue weighted by Crippen LogP contribution is -2.37. The fraction of sp³-hybridized carbons (Fsp3) is 0.519. The van der Waals surface area contributed by atoms with Crippen molar-refractivity contribution in [3.05, 3.63) is 52.0 Å². The van der Waals surface area contributed by atoms with E-state index in [0.29, 0.717) is 29.9 Å². The van der Waals surface area contributed by atoms with Crippen LogP contribution in [-0.2, 0) is 11.2 Å². The zero-order valence-electron chi connectivity index (χ0n) is 20.3. The molecule has 2 aromatic heterocycles. The topological polar surface area (TPSA) is 84.2 Å². The zero-order valence-corrected chi connectivity index (χ0v) is 21.1. The van der Waals surface area contributed by atoms with E-state index in [0.717, 1.165) is 29.7 Å². The molecule has 1 aliphatic rings. The number of hydrogen-bond donors (Lipinski definition) is 2. The van der Waals surface area contributed by atoms with Crippen LogP contribution in [0.3, 0.4) is 0 Å². The van der Waals surface area contributed by atoms with E-state index in [-0.39, 0.29) is 12.3 Å². The van der Waals surface area contributed by atoms with E-state index >= 15 is 0 Å². The molecule has 0 radical (unpaired) electrons. The van der Waals surface area contributed by atoms with Crippen LogP contribution < -0.4 is 5.32 Å². The van der Waals surface area contributed by atoms with Gasteiger partial charge in [0, 0.05) is 28.9 Å². The number of rotatable bonds is 9. The summed E-state index contributed by atoms with van der Waals surface area (Å²) in [5.74, 6) is 0.788. The van der Waals surface area contributed by atoms with Gasteiger partial charge in [0.15, 0.2) is 0 Å². The fourth-order valence-electron chi connectivity index (χ4n) is 5.28. The van der Waals surface area contributed by atoms with Crippen molar-refractivity contribution in [1.82, 2.24) is 14.9 Å². The van der Waals surface area contributed by atoms with E-state index in [1.807, 2.05) is 32.0 Å². The Balaban J connectivity index is 1.66. The van der Waals surface area contributed by atoms with Gasteiger partial charge in [0.1, 0.15) is 5.82 Å². The number of carboxylic acid groups (broad SMARTS) is 1. The standard InChI is InChI=1S/C27H35N3O3S/c1-17(2)13-20(15-26(31)32)28-27(33)19-10-11-24-22(14-19)29-25(16-21-8-6-12-34-21)30(24)23-9-5-4-7-18(23)3/h6,8,10-12,14,17-18,20,23H,4-5,7,9,13,15-16H2,1-3H3,(H,28,33)(H,31,32). The lowest BCUT2D eigenvalue weighted by atomic mass is 9.85. The van der Waals surface area contributed by atoms with Crippen LogP contribution in [0.25, 0.3) is 11.0 Å². The molecule has 2 heterocycles.